The van der Waals surface area contributed by atoms with Crippen LogP contribution >= 0.6 is 15.9 Å². The Morgan fingerprint density at radius 2 is 1.70 bits per heavy atom. The van der Waals surface area contributed by atoms with Crippen LogP contribution < -0.4 is 4.90 Å². The van der Waals surface area contributed by atoms with Crippen LogP contribution in [0.2, 0.25) is 0 Å². The number of nitrogens with zero attached hydrogens (tertiary/aromatic N) is 3. The van der Waals surface area contributed by atoms with Crippen LogP contribution in [0.15, 0.2) is 83.3 Å². The van der Waals surface area contributed by atoms with Gasteiger partial charge in [0, 0.05) is 21.6 Å². The molecular weight excluding hydrogens is 474 g/mol. The van der Waals surface area contributed by atoms with Gasteiger partial charge in [0.05, 0.1) is 18.2 Å². The Kier molecular flexibility index (Phi) is 5.16. The first-order chi connectivity index (χ1) is 16.0. The van der Waals surface area contributed by atoms with E-state index in [9.17, 15) is 15.3 Å². The molecule has 5 heteroatoms. The van der Waals surface area contributed by atoms with Gasteiger partial charge in [-0.2, -0.15) is 10.5 Å². The second-order valence-electron chi connectivity index (χ2n) is 8.57. The minimum absolute atomic E-state index is 0.0947. The fraction of sp³-hybridized carbons (Fsp3) is 0.179. The number of halogens is 1. The van der Waals surface area contributed by atoms with E-state index in [4.69, 9.17) is 0 Å². The van der Waals surface area contributed by atoms with E-state index in [2.05, 4.69) is 34.1 Å². The third-order valence-electron chi connectivity index (χ3n) is 6.72. The minimum Gasteiger partial charge on any atom is -0.351 e. The smallest absolute Gasteiger partial charge is 0.185 e. The summed E-state index contributed by atoms with van der Waals surface area (Å²) in [6, 6.07) is 26.3. The summed E-state index contributed by atoms with van der Waals surface area (Å²) in [7, 11) is 0. The standard InChI is InChI=1S/C28H20BrN3O/c1-18-7-13-23-21(15-18)10-14-24-28(16-30,17-31)25(19-8-11-22(29)12-9-19)26(32(23)24)27(33)20-5-3-2-4-6-20/h2-15,24-26H,1H3/t24-,25-,26+/m1/s1. The Balaban J connectivity index is 1.79. The largest absolute Gasteiger partial charge is 0.351 e. The summed E-state index contributed by atoms with van der Waals surface area (Å²) in [5.74, 6) is -0.724. The Morgan fingerprint density at radius 3 is 2.36 bits per heavy atom. The van der Waals surface area contributed by atoms with Crippen molar-refractivity contribution in [1.29, 1.82) is 10.5 Å². The Morgan fingerprint density at radius 1 is 1.00 bits per heavy atom. The third kappa shape index (κ3) is 3.20. The minimum atomic E-state index is -1.43. The van der Waals surface area contributed by atoms with Gasteiger partial charge >= 0.3 is 0 Å². The van der Waals surface area contributed by atoms with Crippen molar-refractivity contribution in [2.24, 2.45) is 5.41 Å². The maximum Gasteiger partial charge on any atom is 0.185 e. The summed E-state index contributed by atoms with van der Waals surface area (Å²) in [5, 5.41) is 20.9. The quantitative estimate of drug-likeness (QED) is 0.417. The first-order valence-corrected chi connectivity index (χ1v) is 11.5. The SMILES string of the molecule is Cc1ccc2c(c1)C=C[C@H]1N2[C@H](C(=O)c2ccccc2)[C@@H](c2ccc(Br)cc2)C1(C#N)C#N. The monoisotopic (exact) mass is 493 g/mol. The van der Waals surface area contributed by atoms with Gasteiger partial charge in [-0.25, -0.2) is 0 Å². The summed E-state index contributed by atoms with van der Waals surface area (Å²) in [4.78, 5) is 16.1. The second kappa shape index (κ2) is 8.03. The van der Waals surface area contributed by atoms with Crippen molar-refractivity contribution in [3.05, 3.63) is 106 Å². The molecule has 0 unspecified atom stereocenters. The fourth-order valence-electron chi connectivity index (χ4n) is 5.23. The number of ketones is 1. The molecular formula is C28H20BrN3O. The van der Waals surface area contributed by atoms with Crippen molar-refractivity contribution >= 4 is 33.5 Å². The van der Waals surface area contributed by atoms with Gasteiger partial charge in [-0.3, -0.25) is 4.79 Å². The van der Waals surface area contributed by atoms with Crippen LogP contribution in [0.25, 0.3) is 6.08 Å². The molecule has 1 fully saturated rings. The van der Waals surface area contributed by atoms with Crippen LogP contribution in [0.5, 0.6) is 0 Å². The number of hydrogen-bond acceptors (Lipinski definition) is 4. The molecule has 2 aliphatic rings. The molecule has 0 bridgehead atoms. The molecule has 0 aromatic heterocycles. The maximum atomic E-state index is 14.1. The van der Waals surface area contributed by atoms with E-state index in [1.54, 1.807) is 12.1 Å². The van der Waals surface area contributed by atoms with Crippen molar-refractivity contribution in [3.8, 4) is 12.1 Å². The predicted molar refractivity (Wildman–Crippen MR) is 132 cm³/mol. The first kappa shape index (κ1) is 21.2. The second-order valence-corrected chi connectivity index (χ2v) is 9.49. The lowest BCUT2D eigenvalue weighted by Crippen LogP contribution is -2.44. The van der Waals surface area contributed by atoms with Crippen molar-refractivity contribution in [2.45, 2.75) is 24.9 Å². The highest BCUT2D eigenvalue weighted by Crippen LogP contribution is 2.55. The van der Waals surface area contributed by atoms with E-state index in [0.29, 0.717) is 5.56 Å². The van der Waals surface area contributed by atoms with Gasteiger partial charge in [0.25, 0.3) is 0 Å². The fourth-order valence-corrected chi connectivity index (χ4v) is 5.49. The Labute approximate surface area is 201 Å². The van der Waals surface area contributed by atoms with Gasteiger partial charge in [0.15, 0.2) is 11.2 Å². The number of aryl methyl sites for hydroxylation is 1. The molecule has 3 atom stereocenters. The molecule has 160 valence electrons. The first-order valence-electron chi connectivity index (χ1n) is 10.7. The van der Waals surface area contributed by atoms with E-state index in [1.165, 1.54) is 0 Å². The van der Waals surface area contributed by atoms with Gasteiger partial charge in [-0.15, -0.1) is 0 Å². The number of anilines is 1. The van der Waals surface area contributed by atoms with Gasteiger partial charge < -0.3 is 4.90 Å². The van der Waals surface area contributed by atoms with Crippen LogP contribution in [0.1, 0.15) is 33.0 Å². The molecule has 3 aromatic rings. The highest BCUT2D eigenvalue weighted by Gasteiger charge is 2.63. The molecule has 1 saturated heterocycles. The third-order valence-corrected chi connectivity index (χ3v) is 7.25. The number of Topliss-reactive ketones (excluding diaryl/α,β-unsaturated/α-hetero) is 1. The summed E-state index contributed by atoms with van der Waals surface area (Å²) < 4.78 is 0.896. The molecule has 2 heterocycles. The number of carbonyl (C=O) groups is 1. The number of fused-ring (bicyclic) bond motifs is 3. The summed E-state index contributed by atoms with van der Waals surface area (Å²) >= 11 is 3.47. The van der Waals surface area contributed by atoms with Gasteiger partial charge in [0.1, 0.15) is 6.04 Å². The normalized spacial score (nSPS) is 22.1. The average molecular weight is 494 g/mol. The van der Waals surface area contributed by atoms with Crippen molar-refractivity contribution in [3.63, 3.8) is 0 Å². The number of nitriles is 2. The lowest BCUT2D eigenvalue weighted by atomic mass is 9.69. The zero-order valence-electron chi connectivity index (χ0n) is 17.9. The van der Waals surface area contributed by atoms with E-state index >= 15 is 0 Å². The van der Waals surface area contributed by atoms with Crippen LogP contribution in [-0.2, 0) is 0 Å². The molecule has 0 radical (unpaired) electrons. The van der Waals surface area contributed by atoms with E-state index in [-0.39, 0.29) is 5.78 Å². The van der Waals surface area contributed by atoms with Crippen molar-refractivity contribution in [2.75, 3.05) is 4.90 Å². The number of hydrogen-bond donors (Lipinski definition) is 0. The highest BCUT2D eigenvalue weighted by atomic mass is 79.9. The molecule has 0 amide bonds. The summed E-state index contributed by atoms with van der Waals surface area (Å²) in [5.41, 5.74) is 2.90. The van der Waals surface area contributed by atoms with Crippen LogP contribution in [0.3, 0.4) is 0 Å². The van der Waals surface area contributed by atoms with Crippen molar-refractivity contribution < 1.29 is 4.79 Å². The van der Waals surface area contributed by atoms with Crippen molar-refractivity contribution in [1.82, 2.24) is 0 Å². The lowest BCUT2D eigenvalue weighted by molar-refractivity contribution is 0.0951. The average Bonchev–Trinajstić information content (AvgIpc) is 3.15. The predicted octanol–water partition coefficient (Wildman–Crippen LogP) is 6.04. The zero-order chi connectivity index (χ0) is 23.2. The van der Waals surface area contributed by atoms with Crippen LogP contribution in [0.4, 0.5) is 5.69 Å². The van der Waals surface area contributed by atoms with E-state index in [1.807, 2.05) is 78.6 Å². The number of carbonyl (C=O) groups excluding carboxylic acids is 1. The summed E-state index contributed by atoms with van der Waals surface area (Å²) in [6.45, 7) is 2.02. The van der Waals surface area contributed by atoms with E-state index < -0.39 is 23.4 Å². The zero-order valence-corrected chi connectivity index (χ0v) is 19.5. The number of rotatable bonds is 3. The van der Waals surface area contributed by atoms with Crippen LogP contribution in [-0.4, -0.2) is 17.9 Å². The molecule has 5 rings (SSSR count). The van der Waals surface area contributed by atoms with Crippen LogP contribution in [0, 0.1) is 35.0 Å². The summed E-state index contributed by atoms with van der Waals surface area (Å²) in [6.07, 6.45) is 3.89. The molecule has 0 N–H and O–H groups in total. The molecule has 4 nitrogen and oxygen atoms in total. The molecule has 33 heavy (non-hydrogen) atoms. The number of benzene rings is 3. The Hall–Kier alpha value is -3.67. The van der Waals surface area contributed by atoms with Gasteiger partial charge in [-0.05, 0) is 42.3 Å². The van der Waals surface area contributed by atoms with Gasteiger partial charge in [-0.1, -0.05) is 82.2 Å². The van der Waals surface area contributed by atoms with Gasteiger partial charge in [0.2, 0.25) is 0 Å². The lowest BCUT2D eigenvalue weighted by Gasteiger charge is -2.35. The maximum absolute atomic E-state index is 14.1. The van der Waals surface area contributed by atoms with E-state index in [0.717, 1.165) is 26.9 Å². The molecule has 3 aromatic carbocycles. The topological polar surface area (TPSA) is 67.9 Å². The Bertz CT molecular complexity index is 1330. The highest BCUT2D eigenvalue weighted by molar-refractivity contribution is 9.10. The molecule has 0 saturated carbocycles. The molecule has 2 aliphatic heterocycles. The molecule has 0 spiro atoms. The molecule has 0 aliphatic carbocycles.